The van der Waals surface area contributed by atoms with E-state index < -0.39 is 0 Å². The third-order valence-electron chi connectivity index (χ3n) is 4.40. The molecule has 0 saturated heterocycles. The fourth-order valence-corrected chi connectivity index (χ4v) is 3.14. The number of ether oxygens (including phenoxy) is 1. The van der Waals surface area contributed by atoms with E-state index in [0.29, 0.717) is 17.9 Å². The van der Waals surface area contributed by atoms with Gasteiger partial charge in [0.05, 0.1) is 12.2 Å². The van der Waals surface area contributed by atoms with Crippen LogP contribution in [-0.2, 0) is 6.42 Å². The van der Waals surface area contributed by atoms with Gasteiger partial charge in [-0.25, -0.2) is 0 Å². The van der Waals surface area contributed by atoms with Gasteiger partial charge in [0, 0.05) is 5.69 Å². The fraction of sp³-hybridized carbons (Fsp3) is 0.227. The Morgan fingerprint density at radius 2 is 1.80 bits per heavy atom. The first-order chi connectivity index (χ1) is 12.2. The monoisotopic (exact) mass is 333 g/mol. The van der Waals surface area contributed by atoms with E-state index in [0.717, 1.165) is 34.0 Å². The zero-order valence-corrected chi connectivity index (χ0v) is 14.9. The van der Waals surface area contributed by atoms with E-state index in [1.165, 1.54) is 0 Å². The summed E-state index contributed by atoms with van der Waals surface area (Å²) in [6.45, 7) is 6.55. The van der Waals surface area contributed by atoms with Gasteiger partial charge in [0.25, 0.3) is 5.91 Å². The van der Waals surface area contributed by atoms with Gasteiger partial charge in [-0.3, -0.25) is 4.79 Å². The van der Waals surface area contributed by atoms with Crippen LogP contribution in [0.1, 0.15) is 35.3 Å². The first-order valence-corrected chi connectivity index (χ1v) is 8.70. The Bertz CT molecular complexity index is 915. The maximum atomic E-state index is 13.2. The molecule has 0 aliphatic carbocycles. The highest BCUT2D eigenvalue weighted by Crippen LogP contribution is 2.30. The Kier molecular flexibility index (Phi) is 5.03. The molecule has 0 aliphatic rings. The van der Waals surface area contributed by atoms with Crippen LogP contribution in [0.2, 0.25) is 0 Å². The van der Waals surface area contributed by atoms with E-state index in [1.54, 1.807) is 0 Å². The van der Waals surface area contributed by atoms with Crippen molar-refractivity contribution in [3.8, 4) is 5.75 Å². The van der Waals surface area contributed by atoms with Crippen molar-refractivity contribution in [1.82, 2.24) is 0 Å². The quantitative estimate of drug-likeness (QED) is 0.682. The van der Waals surface area contributed by atoms with E-state index in [2.05, 4.69) is 18.3 Å². The molecule has 3 heteroatoms. The molecule has 1 N–H and O–H groups in total. The van der Waals surface area contributed by atoms with Gasteiger partial charge in [-0.15, -0.1) is 0 Å². The molecule has 0 aromatic heterocycles. The highest BCUT2D eigenvalue weighted by atomic mass is 16.5. The second-order valence-corrected chi connectivity index (χ2v) is 6.01. The summed E-state index contributed by atoms with van der Waals surface area (Å²) < 4.78 is 5.73. The minimum Gasteiger partial charge on any atom is -0.493 e. The molecule has 1 amide bonds. The van der Waals surface area contributed by atoms with Crippen LogP contribution in [0.4, 0.5) is 5.69 Å². The molecule has 3 aromatic rings. The van der Waals surface area contributed by atoms with Crippen LogP contribution in [0.15, 0.2) is 54.6 Å². The van der Waals surface area contributed by atoms with Crippen LogP contribution in [0.3, 0.4) is 0 Å². The van der Waals surface area contributed by atoms with Gasteiger partial charge >= 0.3 is 0 Å². The molecule has 0 fully saturated rings. The number of benzene rings is 3. The van der Waals surface area contributed by atoms with Crippen molar-refractivity contribution in [2.45, 2.75) is 27.2 Å². The summed E-state index contributed by atoms with van der Waals surface area (Å²) >= 11 is 0. The van der Waals surface area contributed by atoms with Crippen molar-refractivity contribution >= 4 is 22.4 Å². The van der Waals surface area contributed by atoms with Gasteiger partial charge in [-0.2, -0.15) is 0 Å². The Balaban J connectivity index is 2.09. The van der Waals surface area contributed by atoms with Crippen LogP contribution >= 0.6 is 0 Å². The van der Waals surface area contributed by atoms with Gasteiger partial charge in [0.15, 0.2) is 0 Å². The smallest absolute Gasteiger partial charge is 0.260 e. The number of carbonyl (C=O) groups excluding carboxylic acids is 1. The maximum Gasteiger partial charge on any atom is 0.260 e. The summed E-state index contributed by atoms with van der Waals surface area (Å²) in [5, 5.41) is 5.04. The molecule has 0 atom stereocenters. The van der Waals surface area contributed by atoms with Gasteiger partial charge in [0.2, 0.25) is 0 Å². The highest BCUT2D eigenvalue weighted by Gasteiger charge is 2.18. The van der Waals surface area contributed by atoms with Gasteiger partial charge < -0.3 is 10.1 Å². The Morgan fingerprint density at radius 1 is 1.00 bits per heavy atom. The van der Waals surface area contributed by atoms with E-state index in [4.69, 9.17) is 4.74 Å². The van der Waals surface area contributed by atoms with Crippen molar-refractivity contribution in [2.24, 2.45) is 0 Å². The Labute approximate surface area is 148 Å². The predicted molar refractivity (Wildman–Crippen MR) is 104 cm³/mol. The Morgan fingerprint density at radius 3 is 2.56 bits per heavy atom. The van der Waals surface area contributed by atoms with Crippen LogP contribution in [0.25, 0.3) is 10.8 Å². The average Bonchev–Trinajstić information content (AvgIpc) is 2.63. The van der Waals surface area contributed by atoms with Crippen molar-refractivity contribution in [2.75, 3.05) is 11.9 Å². The van der Waals surface area contributed by atoms with Gasteiger partial charge in [-0.1, -0.05) is 55.5 Å². The number of hydrogen-bond donors (Lipinski definition) is 1. The maximum absolute atomic E-state index is 13.2. The number of aryl methyl sites for hydroxylation is 2. The lowest BCUT2D eigenvalue weighted by Crippen LogP contribution is -2.16. The van der Waals surface area contributed by atoms with Crippen LogP contribution in [0, 0.1) is 6.92 Å². The van der Waals surface area contributed by atoms with Crippen LogP contribution < -0.4 is 10.1 Å². The zero-order valence-electron chi connectivity index (χ0n) is 14.9. The van der Waals surface area contributed by atoms with E-state index in [-0.39, 0.29) is 5.91 Å². The zero-order chi connectivity index (χ0) is 17.8. The molecule has 128 valence electrons. The number of rotatable bonds is 5. The summed E-state index contributed by atoms with van der Waals surface area (Å²) in [6.07, 6.45) is 0.866. The topological polar surface area (TPSA) is 38.3 Å². The molecular formula is C22H23NO2. The van der Waals surface area contributed by atoms with Crippen LogP contribution in [0.5, 0.6) is 5.75 Å². The lowest BCUT2D eigenvalue weighted by molar-refractivity contribution is 0.102. The Hall–Kier alpha value is -2.81. The molecule has 0 radical (unpaired) electrons. The first-order valence-electron chi connectivity index (χ1n) is 8.70. The summed E-state index contributed by atoms with van der Waals surface area (Å²) in [5.41, 5.74) is 3.67. The van der Waals surface area contributed by atoms with Gasteiger partial charge in [-0.05, 0) is 48.2 Å². The second-order valence-electron chi connectivity index (χ2n) is 6.01. The first kappa shape index (κ1) is 17.0. The summed E-state index contributed by atoms with van der Waals surface area (Å²) in [7, 11) is 0. The number of amides is 1. The van der Waals surface area contributed by atoms with E-state index >= 15 is 0 Å². The highest BCUT2D eigenvalue weighted by molar-refractivity contribution is 6.15. The molecule has 3 nitrogen and oxygen atoms in total. The van der Waals surface area contributed by atoms with Crippen molar-refractivity contribution < 1.29 is 9.53 Å². The lowest BCUT2D eigenvalue weighted by atomic mass is 10.0. The number of hydrogen-bond acceptors (Lipinski definition) is 2. The minimum atomic E-state index is -0.135. The fourth-order valence-electron chi connectivity index (χ4n) is 3.14. The van der Waals surface area contributed by atoms with E-state index in [9.17, 15) is 4.79 Å². The number of anilines is 1. The number of para-hydroxylation sites is 1. The van der Waals surface area contributed by atoms with Crippen molar-refractivity contribution in [3.05, 3.63) is 71.3 Å². The number of fused-ring (bicyclic) bond motifs is 1. The molecule has 0 aliphatic heterocycles. The van der Waals surface area contributed by atoms with Crippen molar-refractivity contribution in [3.63, 3.8) is 0 Å². The summed E-state index contributed by atoms with van der Waals surface area (Å²) in [5.74, 6) is 0.481. The third-order valence-corrected chi connectivity index (χ3v) is 4.40. The molecule has 0 unspecified atom stereocenters. The average molecular weight is 333 g/mol. The van der Waals surface area contributed by atoms with Crippen LogP contribution in [-0.4, -0.2) is 12.5 Å². The molecule has 0 saturated carbocycles. The number of carbonyl (C=O) groups is 1. The molecule has 3 rings (SSSR count). The predicted octanol–water partition coefficient (Wildman–Crippen LogP) is 5.36. The third kappa shape index (κ3) is 3.36. The molecule has 25 heavy (non-hydrogen) atoms. The number of nitrogens with one attached hydrogen (secondary N) is 1. The van der Waals surface area contributed by atoms with Gasteiger partial charge in [0.1, 0.15) is 5.75 Å². The SMILES string of the molecule is CCOc1ccc2ccccc2c1C(=O)Nc1c(C)cccc1CC. The summed E-state index contributed by atoms with van der Waals surface area (Å²) in [6, 6.07) is 17.8. The molecule has 0 spiro atoms. The summed E-state index contributed by atoms with van der Waals surface area (Å²) in [4.78, 5) is 13.2. The second kappa shape index (κ2) is 7.39. The normalized spacial score (nSPS) is 10.7. The molecule has 0 heterocycles. The standard InChI is InChI=1S/C22H23NO2/c1-4-16-11-8-9-15(3)21(16)23-22(24)20-18-12-7-6-10-17(18)13-14-19(20)25-5-2/h6-14H,4-5H2,1-3H3,(H,23,24). The van der Waals surface area contributed by atoms with Crippen molar-refractivity contribution in [1.29, 1.82) is 0 Å². The molecular weight excluding hydrogens is 310 g/mol. The lowest BCUT2D eigenvalue weighted by Gasteiger charge is -2.16. The molecule has 3 aromatic carbocycles. The molecule has 0 bridgehead atoms. The minimum absolute atomic E-state index is 0.135. The van der Waals surface area contributed by atoms with E-state index in [1.807, 2.05) is 62.4 Å². The largest absolute Gasteiger partial charge is 0.493 e.